The lowest BCUT2D eigenvalue weighted by molar-refractivity contribution is 0.230. The Labute approximate surface area is 107 Å². The second kappa shape index (κ2) is 6.52. The number of amides is 2. The van der Waals surface area contributed by atoms with Gasteiger partial charge in [0.15, 0.2) is 0 Å². The van der Waals surface area contributed by atoms with Gasteiger partial charge in [-0.25, -0.2) is 4.79 Å². The topological polar surface area (TPSA) is 67.6 Å². The Hall–Kier alpha value is -2.19. The molecule has 0 aliphatic heterocycles. The maximum Gasteiger partial charge on any atom is 0.321 e. The summed E-state index contributed by atoms with van der Waals surface area (Å²) in [5.74, 6) is 6.25. The number of nitrogens with one attached hydrogen (secondary N) is 1. The van der Waals surface area contributed by atoms with E-state index in [2.05, 4.69) is 17.2 Å². The predicted octanol–water partition coefficient (Wildman–Crippen LogP) is 1.10. The molecule has 0 spiro atoms. The highest BCUT2D eigenvalue weighted by Gasteiger charge is 2.09. The summed E-state index contributed by atoms with van der Waals surface area (Å²) in [6.45, 7) is 0.297. The highest BCUT2D eigenvalue weighted by atomic mass is 16.5. The fourth-order valence-corrected chi connectivity index (χ4v) is 1.26. The van der Waals surface area contributed by atoms with Crippen LogP contribution in [0.2, 0.25) is 0 Å². The zero-order valence-corrected chi connectivity index (χ0v) is 10.8. The van der Waals surface area contributed by atoms with Crippen LogP contribution in [-0.4, -0.2) is 38.7 Å². The SMILES string of the molecule is COc1ccc(C#CCN)cc1NC(=O)N(C)C. The van der Waals surface area contributed by atoms with Gasteiger partial charge in [-0.1, -0.05) is 11.8 Å². The fraction of sp³-hybridized carbons (Fsp3) is 0.308. The van der Waals surface area contributed by atoms with E-state index in [0.717, 1.165) is 5.56 Å². The minimum atomic E-state index is -0.225. The molecular weight excluding hydrogens is 230 g/mol. The second-order valence-corrected chi connectivity index (χ2v) is 3.75. The maximum absolute atomic E-state index is 11.6. The first-order valence-corrected chi connectivity index (χ1v) is 5.43. The Morgan fingerprint density at radius 1 is 1.50 bits per heavy atom. The van der Waals surface area contributed by atoms with E-state index in [1.807, 2.05) is 6.07 Å². The zero-order chi connectivity index (χ0) is 13.5. The number of anilines is 1. The van der Waals surface area contributed by atoms with Crippen molar-refractivity contribution < 1.29 is 9.53 Å². The van der Waals surface area contributed by atoms with E-state index in [4.69, 9.17) is 10.5 Å². The molecule has 3 N–H and O–H groups in total. The van der Waals surface area contributed by atoms with E-state index in [1.165, 1.54) is 4.90 Å². The first-order valence-electron chi connectivity index (χ1n) is 5.43. The third-order valence-electron chi connectivity index (χ3n) is 2.18. The number of hydrogen-bond acceptors (Lipinski definition) is 3. The van der Waals surface area contributed by atoms with Crippen LogP contribution in [0.1, 0.15) is 5.56 Å². The highest BCUT2D eigenvalue weighted by Crippen LogP contribution is 2.25. The molecule has 0 saturated carbocycles. The number of rotatable bonds is 2. The lowest BCUT2D eigenvalue weighted by Gasteiger charge is -2.14. The van der Waals surface area contributed by atoms with Gasteiger partial charge in [-0.05, 0) is 18.2 Å². The standard InChI is InChI=1S/C13H17N3O2/c1-16(2)13(17)15-11-9-10(5-4-8-14)6-7-12(11)18-3/h6-7,9H,8,14H2,1-3H3,(H,15,17). The summed E-state index contributed by atoms with van der Waals surface area (Å²) in [6.07, 6.45) is 0. The van der Waals surface area contributed by atoms with Gasteiger partial charge in [-0.2, -0.15) is 0 Å². The second-order valence-electron chi connectivity index (χ2n) is 3.75. The Bertz CT molecular complexity index is 487. The molecule has 0 fully saturated rings. The molecular formula is C13H17N3O2. The van der Waals surface area contributed by atoms with Crippen molar-refractivity contribution in [2.45, 2.75) is 0 Å². The van der Waals surface area contributed by atoms with Crippen LogP contribution in [0.15, 0.2) is 18.2 Å². The van der Waals surface area contributed by atoms with E-state index in [-0.39, 0.29) is 6.03 Å². The lowest BCUT2D eigenvalue weighted by Crippen LogP contribution is -2.27. The molecule has 0 saturated heterocycles. The molecule has 0 unspecified atom stereocenters. The summed E-state index contributed by atoms with van der Waals surface area (Å²) in [5, 5.41) is 2.74. The number of nitrogens with two attached hydrogens (primary N) is 1. The van der Waals surface area contributed by atoms with Crippen molar-refractivity contribution in [2.24, 2.45) is 5.73 Å². The van der Waals surface area contributed by atoms with Gasteiger partial charge in [0.25, 0.3) is 0 Å². The predicted molar refractivity (Wildman–Crippen MR) is 71.6 cm³/mol. The molecule has 0 aliphatic carbocycles. The van der Waals surface area contributed by atoms with Crippen LogP contribution in [0.4, 0.5) is 10.5 Å². The van der Waals surface area contributed by atoms with Gasteiger partial charge >= 0.3 is 6.03 Å². The summed E-state index contributed by atoms with van der Waals surface area (Å²) in [4.78, 5) is 13.1. The van der Waals surface area contributed by atoms with Crippen molar-refractivity contribution in [3.05, 3.63) is 23.8 Å². The fourth-order valence-electron chi connectivity index (χ4n) is 1.26. The third kappa shape index (κ3) is 3.68. The summed E-state index contributed by atoms with van der Waals surface area (Å²) in [6, 6.07) is 5.10. The van der Waals surface area contributed by atoms with Gasteiger partial charge in [-0.3, -0.25) is 0 Å². The van der Waals surface area contributed by atoms with E-state index >= 15 is 0 Å². The number of benzene rings is 1. The van der Waals surface area contributed by atoms with Crippen LogP contribution in [0, 0.1) is 11.8 Å². The van der Waals surface area contributed by atoms with E-state index < -0.39 is 0 Å². The molecule has 0 aliphatic rings. The van der Waals surface area contributed by atoms with Gasteiger partial charge in [0.05, 0.1) is 19.3 Å². The number of carbonyl (C=O) groups excluding carboxylic acids is 1. The molecule has 2 amide bonds. The molecule has 0 atom stereocenters. The number of ether oxygens (including phenoxy) is 1. The van der Waals surface area contributed by atoms with Crippen LogP contribution in [0.5, 0.6) is 5.75 Å². The Morgan fingerprint density at radius 2 is 2.22 bits per heavy atom. The Balaban J connectivity index is 3.02. The van der Waals surface area contributed by atoms with Gasteiger partial charge in [0.1, 0.15) is 5.75 Å². The van der Waals surface area contributed by atoms with Gasteiger partial charge in [0.2, 0.25) is 0 Å². The van der Waals surface area contributed by atoms with Crippen molar-refractivity contribution >= 4 is 11.7 Å². The monoisotopic (exact) mass is 247 g/mol. The largest absolute Gasteiger partial charge is 0.495 e. The Morgan fingerprint density at radius 3 is 2.78 bits per heavy atom. The zero-order valence-electron chi connectivity index (χ0n) is 10.8. The number of nitrogens with zero attached hydrogens (tertiary/aromatic N) is 1. The molecule has 0 aromatic heterocycles. The van der Waals surface area contributed by atoms with Crippen LogP contribution in [0.25, 0.3) is 0 Å². The normalized spacial score (nSPS) is 9.11. The summed E-state index contributed by atoms with van der Waals surface area (Å²) in [5.41, 5.74) is 6.67. The molecule has 1 aromatic rings. The average Bonchev–Trinajstić information content (AvgIpc) is 2.36. The first-order chi connectivity index (χ1) is 8.58. The molecule has 1 aromatic carbocycles. The quantitative estimate of drug-likeness (QED) is 0.769. The third-order valence-corrected chi connectivity index (χ3v) is 2.18. The van der Waals surface area contributed by atoms with E-state index in [1.54, 1.807) is 33.3 Å². The minimum absolute atomic E-state index is 0.225. The molecule has 0 heterocycles. The highest BCUT2D eigenvalue weighted by molar-refractivity contribution is 5.90. The lowest BCUT2D eigenvalue weighted by atomic mass is 10.2. The van der Waals surface area contributed by atoms with Crippen molar-refractivity contribution in [3.8, 4) is 17.6 Å². The van der Waals surface area contributed by atoms with Gasteiger partial charge in [0, 0.05) is 19.7 Å². The van der Waals surface area contributed by atoms with E-state index in [9.17, 15) is 4.79 Å². The van der Waals surface area contributed by atoms with Crippen LogP contribution >= 0.6 is 0 Å². The number of urea groups is 1. The van der Waals surface area contributed by atoms with Gasteiger partial charge < -0.3 is 20.7 Å². The number of methoxy groups -OCH3 is 1. The van der Waals surface area contributed by atoms with Crippen molar-refractivity contribution in [1.29, 1.82) is 0 Å². The smallest absolute Gasteiger partial charge is 0.321 e. The summed E-state index contributed by atoms with van der Waals surface area (Å²) < 4.78 is 5.18. The molecule has 0 bridgehead atoms. The van der Waals surface area contributed by atoms with Crippen molar-refractivity contribution in [1.82, 2.24) is 4.90 Å². The summed E-state index contributed by atoms with van der Waals surface area (Å²) in [7, 11) is 4.88. The van der Waals surface area contributed by atoms with Crippen molar-refractivity contribution in [3.63, 3.8) is 0 Å². The molecule has 0 radical (unpaired) electrons. The van der Waals surface area contributed by atoms with Crippen LogP contribution < -0.4 is 15.8 Å². The molecule has 96 valence electrons. The first kappa shape index (κ1) is 13.9. The van der Waals surface area contributed by atoms with Crippen molar-refractivity contribution in [2.75, 3.05) is 33.1 Å². The van der Waals surface area contributed by atoms with E-state index in [0.29, 0.717) is 18.0 Å². The van der Waals surface area contributed by atoms with Crippen LogP contribution in [-0.2, 0) is 0 Å². The molecule has 5 nitrogen and oxygen atoms in total. The molecule has 18 heavy (non-hydrogen) atoms. The molecule has 1 rings (SSSR count). The average molecular weight is 247 g/mol. The maximum atomic E-state index is 11.6. The van der Waals surface area contributed by atoms with Crippen LogP contribution in [0.3, 0.4) is 0 Å². The summed E-state index contributed by atoms with van der Waals surface area (Å²) >= 11 is 0. The Kier molecular flexibility index (Phi) is 5.03. The minimum Gasteiger partial charge on any atom is -0.495 e. The number of hydrogen-bond donors (Lipinski definition) is 2. The molecule has 5 heteroatoms. The number of carbonyl (C=O) groups is 1. The van der Waals surface area contributed by atoms with Gasteiger partial charge in [-0.15, -0.1) is 0 Å².